The van der Waals surface area contributed by atoms with Gasteiger partial charge < -0.3 is 10.2 Å². The molecular weight excluding hydrogens is 316 g/mol. The summed E-state index contributed by atoms with van der Waals surface area (Å²) in [5.74, 6) is 0.741. The van der Waals surface area contributed by atoms with E-state index in [-0.39, 0.29) is 6.03 Å². The van der Waals surface area contributed by atoms with E-state index >= 15 is 0 Å². The van der Waals surface area contributed by atoms with E-state index in [1.165, 1.54) is 12.0 Å². The zero-order valence-corrected chi connectivity index (χ0v) is 15.2. The maximum absolute atomic E-state index is 12.6. The lowest BCUT2D eigenvalue weighted by molar-refractivity contribution is 0.0866. The number of rotatable bonds is 4. The van der Waals surface area contributed by atoms with Crippen LogP contribution in [-0.2, 0) is 5.54 Å². The number of benzene rings is 1. The molecule has 1 fully saturated rings. The van der Waals surface area contributed by atoms with Crippen molar-refractivity contribution >= 4 is 6.03 Å². The van der Waals surface area contributed by atoms with Crippen LogP contribution < -0.4 is 5.32 Å². The van der Waals surface area contributed by atoms with Gasteiger partial charge in [-0.25, -0.2) is 4.79 Å². The van der Waals surface area contributed by atoms with Crippen LogP contribution in [0.15, 0.2) is 24.3 Å². The first-order chi connectivity index (χ1) is 12.1. The fourth-order valence-corrected chi connectivity index (χ4v) is 3.65. The van der Waals surface area contributed by atoms with Crippen molar-refractivity contribution in [2.75, 3.05) is 13.6 Å². The molecule has 1 aromatic heterocycles. The molecule has 1 aromatic carbocycles. The van der Waals surface area contributed by atoms with Crippen LogP contribution >= 0.6 is 0 Å². The second kappa shape index (κ2) is 7.21. The fourth-order valence-electron chi connectivity index (χ4n) is 3.65. The van der Waals surface area contributed by atoms with Crippen LogP contribution in [0.2, 0.25) is 0 Å². The second-order valence-corrected chi connectivity index (χ2v) is 6.74. The lowest BCUT2D eigenvalue weighted by Crippen LogP contribution is -2.53. The number of hydrogen-bond donors (Lipinski definition) is 1. The van der Waals surface area contributed by atoms with Gasteiger partial charge in [-0.15, -0.1) is 5.10 Å². The van der Waals surface area contributed by atoms with Gasteiger partial charge in [-0.2, -0.15) is 4.68 Å². The monoisotopic (exact) mass is 342 g/mol. The number of nitrogens with zero attached hydrogens (tertiary/aromatic N) is 5. The molecule has 2 aromatic rings. The topological polar surface area (TPSA) is 75.9 Å². The Morgan fingerprint density at radius 3 is 2.56 bits per heavy atom. The van der Waals surface area contributed by atoms with Crippen LogP contribution in [0.5, 0.6) is 0 Å². The summed E-state index contributed by atoms with van der Waals surface area (Å²) < 4.78 is 1.78. The molecule has 0 saturated heterocycles. The van der Waals surface area contributed by atoms with Crippen LogP contribution in [0.25, 0.3) is 5.69 Å². The van der Waals surface area contributed by atoms with Crippen molar-refractivity contribution in [1.82, 2.24) is 30.4 Å². The molecule has 0 unspecified atom stereocenters. The van der Waals surface area contributed by atoms with Crippen molar-refractivity contribution in [2.24, 2.45) is 0 Å². The van der Waals surface area contributed by atoms with E-state index in [2.05, 4.69) is 27.8 Å². The number of aromatic nitrogens is 4. The average Bonchev–Trinajstić information content (AvgIpc) is 3.13. The first-order valence-corrected chi connectivity index (χ1v) is 8.96. The van der Waals surface area contributed by atoms with E-state index in [1.54, 1.807) is 9.58 Å². The summed E-state index contributed by atoms with van der Waals surface area (Å²) >= 11 is 0. The predicted molar refractivity (Wildman–Crippen MR) is 95.5 cm³/mol. The van der Waals surface area contributed by atoms with Crippen LogP contribution in [0.4, 0.5) is 4.79 Å². The number of carbonyl (C=O) groups excluding carboxylic acids is 1. The highest BCUT2D eigenvalue weighted by Crippen LogP contribution is 2.41. The summed E-state index contributed by atoms with van der Waals surface area (Å²) in [5, 5.41) is 15.4. The Balaban J connectivity index is 2.05. The van der Waals surface area contributed by atoms with Crippen LogP contribution in [-0.4, -0.2) is 44.7 Å². The van der Waals surface area contributed by atoms with Crippen molar-refractivity contribution in [3.63, 3.8) is 0 Å². The lowest BCUT2D eigenvalue weighted by atomic mass is 9.79. The number of amides is 2. The van der Waals surface area contributed by atoms with Gasteiger partial charge in [0.2, 0.25) is 0 Å². The first kappa shape index (κ1) is 17.4. The number of nitrogens with one attached hydrogen (secondary N) is 1. The molecule has 0 bridgehead atoms. The van der Waals surface area contributed by atoms with Crippen LogP contribution in [0.3, 0.4) is 0 Å². The minimum absolute atomic E-state index is 0.0807. The molecule has 0 aliphatic heterocycles. The molecule has 3 rings (SSSR count). The molecule has 1 saturated carbocycles. The van der Waals surface area contributed by atoms with Gasteiger partial charge in [0.25, 0.3) is 0 Å². The number of carbonyl (C=O) groups is 1. The highest BCUT2D eigenvalue weighted by atomic mass is 16.2. The van der Waals surface area contributed by atoms with Crippen molar-refractivity contribution < 1.29 is 4.79 Å². The molecular formula is C18H26N6O. The smallest absolute Gasteiger partial charge is 0.317 e. The Bertz CT molecular complexity index is 717. The zero-order chi connectivity index (χ0) is 17.9. The highest BCUT2D eigenvalue weighted by Gasteiger charge is 2.44. The molecule has 134 valence electrons. The highest BCUT2D eigenvalue weighted by molar-refractivity contribution is 5.75. The summed E-state index contributed by atoms with van der Waals surface area (Å²) in [6, 6.07) is 8.03. The minimum atomic E-state index is -0.480. The average molecular weight is 342 g/mol. The molecule has 0 spiro atoms. The van der Waals surface area contributed by atoms with Gasteiger partial charge in [0, 0.05) is 13.6 Å². The normalized spacial score (nSPS) is 16.4. The van der Waals surface area contributed by atoms with Gasteiger partial charge >= 0.3 is 6.03 Å². The Labute approximate surface area is 148 Å². The number of hydrogen-bond acceptors (Lipinski definition) is 4. The SMILES string of the molecule is CCNC(=O)N(C)C1(c2nnnn2-c2ccc(C)cc2)CCCCC1. The third kappa shape index (κ3) is 3.23. The predicted octanol–water partition coefficient (Wildman–Crippen LogP) is 2.79. The van der Waals surface area contributed by atoms with Gasteiger partial charge in [-0.1, -0.05) is 37.0 Å². The van der Waals surface area contributed by atoms with E-state index in [9.17, 15) is 4.79 Å². The van der Waals surface area contributed by atoms with Crippen molar-refractivity contribution in [2.45, 2.75) is 51.5 Å². The molecule has 25 heavy (non-hydrogen) atoms. The van der Waals surface area contributed by atoms with Gasteiger partial charge in [0.1, 0.15) is 5.54 Å². The quantitative estimate of drug-likeness (QED) is 0.927. The Hall–Kier alpha value is -2.44. The fraction of sp³-hybridized carbons (Fsp3) is 0.556. The molecule has 1 heterocycles. The molecule has 1 N–H and O–H groups in total. The van der Waals surface area contributed by atoms with Gasteiger partial charge in [0.15, 0.2) is 5.82 Å². The number of urea groups is 1. The molecule has 7 heteroatoms. The van der Waals surface area contributed by atoms with Crippen LogP contribution in [0.1, 0.15) is 50.4 Å². The molecule has 0 atom stereocenters. The Morgan fingerprint density at radius 2 is 1.92 bits per heavy atom. The minimum Gasteiger partial charge on any atom is -0.338 e. The van der Waals surface area contributed by atoms with E-state index < -0.39 is 5.54 Å². The number of tetrazole rings is 1. The van der Waals surface area contributed by atoms with E-state index in [0.29, 0.717) is 6.54 Å². The van der Waals surface area contributed by atoms with Crippen LogP contribution in [0, 0.1) is 6.92 Å². The maximum Gasteiger partial charge on any atom is 0.317 e. The van der Waals surface area contributed by atoms with Crippen molar-refractivity contribution in [3.8, 4) is 5.69 Å². The number of aryl methyl sites for hydroxylation is 1. The summed E-state index contributed by atoms with van der Waals surface area (Å²) in [7, 11) is 1.85. The third-order valence-corrected chi connectivity index (χ3v) is 5.12. The zero-order valence-electron chi connectivity index (χ0n) is 15.2. The van der Waals surface area contributed by atoms with E-state index in [0.717, 1.165) is 37.2 Å². The van der Waals surface area contributed by atoms with E-state index in [1.807, 2.05) is 38.2 Å². The van der Waals surface area contributed by atoms with Gasteiger partial charge in [0.05, 0.1) is 5.69 Å². The molecule has 0 radical (unpaired) electrons. The lowest BCUT2D eigenvalue weighted by Gasteiger charge is -2.43. The summed E-state index contributed by atoms with van der Waals surface area (Å²) in [6.07, 6.45) is 5.03. The largest absolute Gasteiger partial charge is 0.338 e. The summed E-state index contributed by atoms with van der Waals surface area (Å²) in [4.78, 5) is 14.4. The molecule has 1 aliphatic rings. The molecule has 2 amide bonds. The van der Waals surface area contributed by atoms with Gasteiger partial charge in [-0.05, 0) is 49.2 Å². The van der Waals surface area contributed by atoms with E-state index in [4.69, 9.17) is 0 Å². The van der Waals surface area contributed by atoms with Crippen molar-refractivity contribution in [1.29, 1.82) is 0 Å². The molecule has 1 aliphatic carbocycles. The molecule has 7 nitrogen and oxygen atoms in total. The van der Waals surface area contributed by atoms with Gasteiger partial charge in [-0.3, -0.25) is 0 Å². The second-order valence-electron chi connectivity index (χ2n) is 6.74. The maximum atomic E-state index is 12.6. The summed E-state index contributed by atoms with van der Waals surface area (Å²) in [5.41, 5.74) is 1.62. The summed E-state index contributed by atoms with van der Waals surface area (Å²) in [6.45, 7) is 4.58. The third-order valence-electron chi connectivity index (χ3n) is 5.12. The van der Waals surface area contributed by atoms with Crippen molar-refractivity contribution in [3.05, 3.63) is 35.7 Å². The Kier molecular flexibility index (Phi) is 5.01. The Morgan fingerprint density at radius 1 is 1.24 bits per heavy atom. The first-order valence-electron chi connectivity index (χ1n) is 8.96. The standard InChI is InChI=1S/C18H26N6O/c1-4-19-17(25)23(3)18(12-6-5-7-13-18)16-20-21-22-24(16)15-10-8-14(2)9-11-15/h8-11H,4-7,12-13H2,1-3H3,(H,19,25).